The van der Waals surface area contributed by atoms with Crippen LogP contribution >= 0.6 is 47.8 Å². The zero-order valence-corrected chi connectivity index (χ0v) is 34.8. The molecule has 0 aromatic heterocycles. The summed E-state index contributed by atoms with van der Waals surface area (Å²) < 4.78 is 66.2. The first-order valence-corrected chi connectivity index (χ1v) is 19.1. The number of para-hydroxylation sites is 3. The van der Waals surface area contributed by atoms with E-state index in [0.717, 1.165) is 33.0 Å². The summed E-state index contributed by atoms with van der Waals surface area (Å²) in [7, 11) is -7.03. The molecule has 0 N–H and O–H groups in total. The first-order chi connectivity index (χ1) is 20.2. The third-order valence-corrected chi connectivity index (χ3v) is 8.13. The molecule has 9 nitrogen and oxygen atoms in total. The van der Waals surface area contributed by atoms with E-state index in [1.165, 1.54) is 6.07 Å². The summed E-state index contributed by atoms with van der Waals surface area (Å²) in [6, 6.07) is 22.5. The standard InChI is InChI=1S/C17H18Br2O2.C7H16O6S2.C6H5BrO.CH4.Na/c1-17(2,11-20-15-9-5-3-7-13(15)18)12-21-16-10-6-4-8-14(16)19;1-7(2,5-12-14(3,8)9)6-13-15(4,10)11;7-5-3-1-2-4-6(5)8;;/h3-10H,11-12H2,1-2H3;5-6H2,1-4H3;1-4,8H;1H4;/q;;;;+1/p-1. The number of hydrogen-bond acceptors (Lipinski definition) is 9. The van der Waals surface area contributed by atoms with Crippen molar-refractivity contribution in [1.29, 1.82) is 0 Å². The van der Waals surface area contributed by atoms with Gasteiger partial charge >= 0.3 is 29.6 Å². The number of hydrogen-bond donors (Lipinski definition) is 0. The molecule has 0 radical (unpaired) electrons. The van der Waals surface area contributed by atoms with Crippen molar-refractivity contribution < 1.29 is 69.3 Å². The number of benzene rings is 3. The zero-order valence-electron chi connectivity index (χ0n) is 26.4. The van der Waals surface area contributed by atoms with Gasteiger partial charge < -0.3 is 14.6 Å². The average Bonchev–Trinajstić information content (AvgIpc) is 2.92. The maximum atomic E-state index is 10.7. The van der Waals surface area contributed by atoms with Gasteiger partial charge in [-0.25, -0.2) is 0 Å². The fourth-order valence-electron chi connectivity index (χ4n) is 2.73. The van der Waals surface area contributed by atoms with E-state index < -0.39 is 25.7 Å². The minimum absolute atomic E-state index is 0. The van der Waals surface area contributed by atoms with E-state index in [-0.39, 0.29) is 61.4 Å². The predicted octanol–water partition coefficient (Wildman–Crippen LogP) is 4.82. The Balaban J connectivity index is 0. The molecule has 15 heteroatoms. The second-order valence-corrected chi connectivity index (χ2v) is 17.0. The molecular weight excluding hydrogens is 843 g/mol. The van der Waals surface area contributed by atoms with Crippen LogP contribution < -0.4 is 44.1 Å². The second kappa shape index (κ2) is 22.1. The molecule has 0 amide bonds. The fraction of sp³-hybridized carbons (Fsp3) is 0.419. The Bertz CT molecular complexity index is 1420. The minimum Gasteiger partial charge on any atom is -0.872 e. The van der Waals surface area contributed by atoms with Crippen molar-refractivity contribution in [2.45, 2.75) is 35.1 Å². The maximum Gasteiger partial charge on any atom is 1.00 e. The molecule has 254 valence electrons. The van der Waals surface area contributed by atoms with E-state index in [1.807, 2.05) is 54.6 Å². The van der Waals surface area contributed by atoms with Gasteiger partial charge in [-0.1, -0.05) is 99.3 Å². The quantitative estimate of drug-likeness (QED) is 0.186. The Morgan fingerprint density at radius 2 is 0.891 bits per heavy atom. The van der Waals surface area contributed by atoms with Crippen molar-refractivity contribution in [3.05, 3.63) is 86.2 Å². The van der Waals surface area contributed by atoms with E-state index in [2.05, 4.69) is 70.0 Å². The van der Waals surface area contributed by atoms with Gasteiger partial charge in [-0.2, -0.15) is 16.8 Å². The zero-order chi connectivity index (χ0) is 33.6. The first kappa shape index (κ1) is 47.4. The molecule has 0 saturated carbocycles. The molecule has 0 saturated heterocycles. The summed E-state index contributed by atoms with van der Waals surface area (Å²) in [6.07, 6.45) is 1.86. The van der Waals surface area contributed by atoms with Crippen LogP contribution in [0.4, 0.5) is 0 Å². The van der Waals surface area contributed by atoms with Crippen LogP contribution in [0.1, 0.15) is 35.1 Å². The third-order valence-electron chi connectivity index (χ3n) is 5.07. The summed E-state index contributed by atoms with van der Waals surface area (Å²) in [5.41, 5.74) is -0.781. The number of rotatable bonds is 12. The van der Waals surface area contributed by atoms with Crippen LogP contribution in [0, 0.1) is 10.8 Å². The molecule has 0 spiro atoms. The largest absolute Gasteiger partial charge is 1.00 e. The molecule has 0 atom stereocenters. The van der Waals surface area contributed by atoms with Crippen molar-refractivity contribution in [2.24, 2.45) is 10.8 Å². The van der Waals surface area contributed by atoms with Gasteiger partial charge in [0.15, 0.2) is 0 Å². The smallest absolute Gasteiger partial charge is 0.872 e. The van der Waals surface area contributed by atoms with Gasteiger partial charge in [-0.3, -0.25) is 8.37 Å². The average molecular weight is 886 g/mol. The predicted molar refractivity (Wildman–Crippen MR) is 189 cm³/mol. The number of ether oxygens (including phenoxy) is 2. The minimum atomic E-state index is -3.52. The molecule has 0 fully saturated rings. The topological polar surface area (TPSA) is 128 Å². The Kier molecular flexibility index (Phi) is 22.8. The van der Waals surface area contributed by atoms with Crippen molar-refractivity contribution >= 4 is 68.0 Å². The van der Waals surface area contributed by atoms with Gasteiger partial charge in [-0.05, 0) is 62.2 Å². The molecule has 46 heavy (non-hydrogen) atoms. The Morgan fingerprint density at radius 1 is 0.587 bits per heavy atom. The molecule has 0 unspecified atom stereocenters. The molecule has 0 aliphatic heterocycles. The summed E-state index contributed by atoms with van der Waals surface area (Å²) in [5, 5.41) is 10.6. The van der Waals surface area contributed by atoms with Gasteiger partial charge in [0.05, 0.1) is 47.9 Å². The van der Waals surface area contributed by atoms with Crippen LogP contribution in [0.5, 0.6) is 17.2 Å². The van der Waals surface area contributed by atoms with Gasteiger partial charge in [0.1, 0.15) is 11.5 Å². The Labute approximate surface area is 322 Å². The monoisotopic (exact) mass is 882 g/mol. The number of halogens is 3. The molecule has 3 aromatic rings. The van der Waals surface area contributed by atoms with E-state index >= 15 is 0 Å². The van der Waals surface area contributed by atoms with Gasteiger partial charge in [0, 0.05) is 15.3 Å². The fourth-order valence-corrected chi connectivity index (χ4v) is 4.88. The van der Waals surface area contributed by atoms with Gasteiger partial charge in [0.2, 0.25) is 0 Å². The van der Waals surface area contributed by atoms with Crippen LogP contribution in [0.15, 0.2) is 86.2 Å². The van der Waals surface area contributed by atoms with E-state index in [9.17, 15) is 21.9 Å². The summed E-state index contributed by atoms with van der Waals surface area (Å²) >= 11 is 10.1. The maximum absolute atomic E-state index is 10.7. The molecule has 0 heterocycles. The molecule has 3 aromatic carbocycles. The van der Waals surface area contributed by atoms with Crippen molar-refractivity contribution in [1.82, 2.24) is 0 Å². The van der Waals surface area contributed by atoms with Crippen LogP contribution in [0.25, 0.3) is 0 Å². The summed E-state index contributed by atoms with van der Waals surface area (Å²) in [4.78, 5) is 0. The van der Waals surface area contributed by atoms with Crippen LogP contribution in [0.3, 0.4) is 0 Å². The SMILES string of the molecule is C.CC(C)(COS(C)(=O)=O)COS(C)(=O)=O.CC(C)(COc1ccccc1Br)COc1ccccc1Br.[Na+].[O-]c1ccccc1Br. The Morgan fingerprint density at radius 3 is 1.17 bits per heavy atom. The van der Waals surface area contributed by atoms with Gasteiger partial charge in [-0.15, -0.1) is 0 Å². The molecule has 0 aliphatic carbocycles. The van der Waals surface area contributed by atoms with Crippen LogP contribution in [0.2, 0.25) is 0 Å². The van der Waals surface area contributed by atoms with Crippen molar-refractivity contribution in [3.63, 3.8) is 0 Å². The van der Waals surface area contributed by atoms with E-state index in [4.69, 9.17) is 9.47 Å². The Hall–Kier alpha value is -0.680. The second-order valence-electron chi connectivity index (χ2n) is 11.1. The molecule has 0 aliphatic rings. The molecule has 3 rings (SSSR count). The third kappa shape index (κ3) is 22.8. The first-order valence-electron chi connectivity index (χ1n) is 13.0. The normalized spacial score (nSPS) is 11.3. The molecular formula is C31H42Br3NaO9S2. The van der Waals surface area contributed by atoms with Crippen LogP contribution in [-0.4, -0.2) is 55.8 Å². The van der Waals surface area contributed by atoms with Crippen LogP contribution in [-0.2, 0) is 28.6 Å². The summed E-state index contributed by atoms with van der Waals surface area (Å²) in [6.45, 7) is 8.46. The summed E-state index contributed by atoms with van der Waals surface area (Å²) in [5.74, 6) is 1.74. The van der Waals surface area contributed by atoms with Gasteiger partial charge in [0.25, 0.3) is 20.2 Å². The van der Waals surface area contributed by atoms with Crippen molar-refractivity contribution in [2.75, 3.05) is 38.9 Å². The van der Waals surface area contributed by atoms with E-state index in [1.54, 1.807) is 26.0 Å². The molecule has 0 bridgehead atoms. The van der Waals surface area contributed by atoms with Crippen molar-refractivity contribution in [3.8, 4) is 17.2 Å². The van der Waals surface area contributed by atoms with E-state index in [0.29, 0.717) is 17.7 Å².